The first-order valence-electron chi connectivity index (χ1n) is 8.02. The van der Waals surface area contributed by atoms with Crippen LogP contribution in [0.1, 0.15) is 36.9 Å². The quantitative estimate of drug-likeness (QED) is 0.585. The maximum atomic E-state index is 12.5. The van der Waals surface area contributed by atoms with Crippen LogP contribution in [0.3, 0.4) is 0 Å². The summed E-state index contributed by atoms with van der Waals surface area (Å²) in [6.07, 6.45) is -0.456. The summed E-state index contributed by atoms with van der Waals surface area (Å²) in [6, 6.07) is 0.414. The summed E-state index contributed by atoms with van der Waals surface area (Å²) >= 11 is 3.04. The molecule has 0 spiro atoms. The van der Waals surface area contributed by atoms with E-state index in [0.717, 1.165) is 35.3 Å². The van der Waals surface area contributed by atoms with Gasteiger partial charge in [0, 0.05) is 36.7 Å². The second-order valence-corrected chi connectivity index (χ2v) is 8.12. The largest absolute Gasteiger partial charge is 0.434 e. The third-order valence-corrected chi connectivity index (χ3v) is 5.97. The standard InChI is InChI=1S/C15H23F3N4S2/c1-3-23-11-5-4-10(8-11)21-14(19-2)20-7-6-13-22-12(9-24-13)15(16,17)18/h9-11H,3-8H2,1-2H3,(H2,19,20,21). The minimum Gasteiger partial charge on any atom is -0.356 e. The van der Waals surface area contributed by atoms with Crippen LogP contribution in [0.15, 0.2) is 10.4 Å². The van der Waals surface area contributed by atoms with Crippen molar-refractivity contribution in [2.45, 2.75) is 50.1 Å². The molecule has 136 valence electrons. The Labute approximate surface area is 148 Å². The number of guanidine groups is 1. The second kappa shape index (κ2) is 8.94. The minimum absolute atomic E-state index is 0.414. The molecule has 0 amide bonds. The molecule has 1 heterocycles. The van der Waals surface area contributed by atoms with Crippen LogP contribution in [0.4, 0.5) is 13.2 Å². The van der Waals surface area contributed by atoms with E-state index in [2.05, 4.69) is 27.5 Å². The Morgan fingerprint density at radius 3 is 2.88 bits per heavy atom. The van der Waals surface area contributed by atoms with E-state index in [-0.39, 0.29) is 0 Å². The van der Waals surface area contributed by atoms with Crippen molar-refractivity contribution in [1.82, 2.24) is 15.6 Å². The smallest absolute Gasteiger partial charge is 0.356 e. The fourth-order valence-electron chi connectivity index (χ4n) is 2.69. The molecule has 2 rings (SSSR count). The molecule has 0 radical (unpaired) electrons. The molecule has 0 aliphatic heterocycles. The molecule has 9 heteroatoms. The molecule has 2 N–H and O–H groups in total. The summed E-state index contributed by atoms with van der Waals surface area (Å²) in [7, 11) is 1.70. The lowest BCUT2D eigenvalue weighted by molar-refractivity contribution is -0.140. The molecule has 1 aliphatic carbocycles. The summed E-state index contributed by atoms with van der Waals surface area (Å²) in [5, 5.41) is 8.80. The maximum absolute atomic E-state index is 12.5. The fraction of sp³-hybridized carbons (Fsp3) is 0.733. The van der Waals surface area contributed by atoms with Gasteiger partial charge in [-0.3, -0.25) is 4.99 Å². The highest BCUT2D eigenvalue weighted by Crippen LogP contribution is 2.30. The van der Waals surface area contributed by atoms with Crippen molar-refractivity contribution in [3.05, 3.63) is 16.1 Å². The van der Waals surface area contributed by atoms with Crippen LogP contribution in [0.5, 0.6) is 0 Å². The van der Waals surface area contributed by atoms with Crippen LogP contribution in [-0.2, 0) is 12.6 Å². The van der Waals surface area contributed by atoms with Gasteiger partial charge in [-0.25, -0.2) is 4.98 Å². The zero-order valence-corrected chi connectivity index (χ0v) is 15.5. The summed E-state index contributed by atoms with van der Waals surface area (Å²) in [5.74, 6) is 1.84. The van der Waals surface area contributed by atoms with Crippen molar-refractivity contribution in [3.63, 3.8) is 0 Å². The fourth-order valence-corrected chi connectivity index (χ4v) is 4.64. The zero-order valence-electron chi connectivity index (χ0n) is 13.8. The number of thiazole rings is 1. The van der Waals surface area contributed by atoms with Gasteiger partial charge >= 0.3 is 6.18 Å². The lowest BCUT2D eigenvalue weighted by Gasteiger charge is -2.17. The van der Waals surface area contributed by atoms with Crippen molar-refractivity contribution in [2.24, 2.45) is 4.99 Å². The highest BCUT2D eigenvalue weighted by molar-refractivity contribution is 7.99. The molecule has 24 heavy (non-hydrogen) atoms. The van der Waals surface area contributed by atoms with Gasteiger partial charge in [0.2, 0.25) is 0 Å². The van der Waals surface area contributed by atoms with Crippen LogP contribution in [0.25, 0.3) is 0 Å². The molecule has 1 aromatic rings. The van der Waals surface area contributed by atoms with E-state index >= 15 is 0 Å². The molecule has 0 saturated heterocycles. The molecule has 1 aromatic heterocycles. The van der Waals surface area contributed by atoms with Gasteiger partial charge in [0.25, 0.3) is 0 Å². The average molecular weight is 381 g/mol. The lowest BCUT2D eigenvalue weighted by Crippen LogP contribution is -2.43. The van der Waals surface area contributed by atoms with Gasteiger partial charge in [0.15, 0.2) is 11.7 Å². The number of hydrogen-bond donors (Lipinski definition) is 2. The molecule has 1 aliphatic rings. The minimum atomic E-state index is -4.37. The van der Waals surface area contributed by atoms with E-state index < -0.39 is 11.9 Å². The average Bonchev–Trinajstić information content (AvgIpc) is 3.16. The molecule has 0 bridgehead atoms. The number of aromatic nitrogens is 1. The highest BCUT2D eigenvalue weighted by Gasteiger charge is 2.33. The molecular weight excluding hydrogens is 357 g/mol. The Balaban J connectivity index is 1.73. The molecule has 2 atom stereocenters. The van der Waals surface area contributed by atoms with Gasteiger partial charge in [0.1, 0.15) is 0 Å². The van der Waals surface area contributed by atoms with Crippen molar-refractivity contribution in [2.75, 3.05) is 19.3 Å². The topological polar surface area (TPSA) is 49.3 Å². The number of hydrogen-bond acceptors (Lipinski definition) is 4. The van der Waals surface area contributed by atoms with E-state index in [1.165, 1.54) is 6.42 Å². The number of nitrogens with zero attached hydrogens (tertiary/aromatic N) is 2. The second-order valence-electron chi connectivity index (χ2n) is 5.60. The van der Waals surface area contributed by atoms with E-state index in [9.17, 15) is 13.2 Å². The summed E-state index contributed by atoms with van der Waals surface area (Å²) in [4.78, 5) is 7.82. The van der Waals surface area contributed by atoms with Gasteiger partial charge in [-0.2, -0.15) is 24.9 Å². The molecule has 1 saturated carbocycles. The van der Waals surface area contributed by atoms with Crippen LogP contribution in [0, 0.1) is 0 Å². The lowest BCUT2D eigenvalue weighted by atomic mass is 10.2. The Morgan fingerprint density at radius 2 is 2.25 bits per heavy atom. The number of thioether (sulfide) groups is 1. The van der Waals surface area contributed by atoms with Crippen molar-refractivity contribution < 1.29 is 13.2 Å². The van der Waals surface area contributed by atoms with Crippen molar-refractivity contribution in [3.8, 4) is 0 Å². The summed E-state index contributed by atoms with van der Waals surface area (Å²) in [6.45, 7) is 2.68. The van der Waals surface area contributed by atoms with Gasteiger partial charge < -0.3 is 10.6 Å². The van der Waals surface area contributed by atoms with Crippen molar-refractivity contribution >= 4 is 29.1 Å². The Bertz CT molecular complexity index is 545. The molecule has 1 fully saturated rings. The molecule has 0 aromatic carbocycles. The predicted molar refractivity (Wildman–Crippen MR) is 94.9 cm³/mol. The number of aliphatic imine (C=N–C) groups is 1. The SMILES string of the molecule is CCSC1CCC(NC(=NC)NCCc2nc(C(F)(F)F)cs2)C1. The number of halogens is 3. The van der Waals surface area contributed by atoms with Gasteiger partial charge in [-0.15, -0.1) is 11.3 Å². The predicted octanol–water partition coefficient (Wildman–Crippen LogP) is 3.54. The first kappa shape index (κ1) is 19.4. The number of nitrogens with one attached hydrogen (secondary N) is 2. The van der Waals surface area contributed by atoms with E-state index in [1.807, 2.05) is 11.8 Å². The number of rotatable bonds is 6. The van der Waals surface area contributed by atoms with E-state index in [0.29, 0.717) is 35.2 Å². The Morgan fingerprint density at radius 1 is 1.46 bits per heavy atom. The normalized spacial score (nSPS) is 22.0. The highest BCUT2D eigenvalue weighted by atomic mass is 32.2. The van der Waals surface area contributed by atoms with Gasteiger partial charge in [0.05, 0.1) is 5.01 Å². The summed E-state index contributed by atoms with van der Waals surface area (Å²) in [5.41, 5.74) is -0.810. The van der Waals surface area contributed by atoms with E-state index in [1.54, 1.807) is 7.05 Å². The van der Waals surface area contributed by atoms with Gasteiger partial charge in [-0.1, -0.05) is 6.92 Å². The van der Waals surface area contributed by atoms with Crippen LogP contribution in [-0.4, -0.2) is 41.6 Å². The third-order valence-electron chi connectivity index (χ3n) is 3.82. The monoisotopic (exact) mass is 380 g/mol. The Kier molecular flexibility index (Phi) is 7.21. The van der Waals surface area contributed by atoms with Crippen LogP contribution in [0.2, 0.25) is 0 Å². The number of alkyl halides is 3. The maximum Gasteiger partial charge on any atom is 0.434 e. The Hall–Kier alpha value is -0.960. The van der Waals surface area contributed by atoms with Crippen LogP contribution < -0.4 is 10.6 Å². The molecule has 4 nitrogen and oxygen atoms in total. The third kappa shape index (κ3) is 5.84. The first-order valence-corrected chi connectivity index (χ1v) is 9.95. The first-order chi connectivity index (χ1) is 11.4. The molecular formula is C15H23F3N4S2. The van der Waals surface area contributed by atoms with E-state index in [4.69, 9.17) is 0 Å². The summed E-state index contributed by atoms with van der Waals surface area (Å²) < 4.78 is 37.6. The van der Waals surface area contributed by atoms with Crippen molar-refractivity contribution in [1.29, 1.82) is 0 Å². The van der Waals surface area contributed by atoms with Gasteiger partial charge in [-0.05, 0) is 25.0 Å². The molecule has 2 unspecified atom stereocenters. The van der Waals surface area contributed by atoms with Crippen LogP contribution >= 0.6 is 23.1 Å². The zero-order chi connectivity index (χ0) is 17.6.